The van der Waals surface area contributed by atoms with Gasteiger partial charge >= 0.3 is 0 Å². The van der Waals surface area contributed by atoms with Crippen molar-refractivity contribution >= 4 is 12.1 Å². The number of rotatable bonds is 8. The predicted molar refractivity (Wildman–Crippen MR) is 110 cm³/mol. The molecule has 0 fully saturated rings. The molecule has 0 saturated heterocycles. The first-order valence-electron chi connectivity index (χ1n) is 8.75. The highest BCUT2D eigenvalue weighted by Gasteiger charge is 2.04. The van der Waals surface area contributed by atoms with Crippen LogP contribution in [0.2, 0.25) is 0 Å². The number of amides is 1. The van der Waals surface area contributed by atoms with E-state index in [1.807, 2.05) is 54.6 Å². The summed E-state index contributed by atoms with van der Waals surface area (Å²) in [5.74, 6) is 1.82. The standard InChI is InChI=1S/C23H20N2O3/c1-2-15-27-20-13-11-19(12-14-20)23(26)25-24-17-18-7-6-10-22(16-18)28-21-8-4-3-5-9-21/h2-14,16-17H,1,15H2,(H,25,26)/b24-17-. The molecule has 0 aliphatic rings. The summed E-state index contributed by atoms with van der Waals surface area (Å²) in [4.78, 5) is 12.2. The molecule has 0 aliphatic heterocycles. The highest BCUT2D eigenvalue weighted by atomic mass is 16.5. The number of carbonyl (C=O) groups is 1. The number of hydrazone groups is 1. The van der Waals surface area contributed by atoms with Crippen LogP contribution in [0, 0.1) is 0 Å². The lowest BCUT2D eigenvalue weighted by Crippen LogP contribution is -2.17. The van der Waals surface area contributed by atoms with Crippen molar-refractivity contribution in [2.24, 2.45) is 5.10 Å². The number of nitrogens with one attached hydrogen (secondary N) is 1. The summed E-state index contributed by atoms with van der Waals surface area (Å²) in [5.41, 5.74) is 3.81. The van der Waals surface area contributed by atoms with Gasteiger partial charge in [-0.1, -0.05) is 43.0 Å². The Labute approximate surface area is 163 Å². The molecular formula is C23H20N2O3. The molecule has 28 heavy (non-hydrogen) atoms. The summed E-state index contributed by atoms with van der Waals surface area (Å²) >= 11 is 0. The molecule has 0 heterocycles. The van der Waals surface area contributed by atoms with Crippen LogP contribution < -0.4 is 14.9 Å². The Morgan fingerprint density at radius 1 is 0.929 bits per heavy atom. The minimum Gasteiger partial charge on any atom is -0.490 e. The second kappa shape index (κ2) is 9.73. The number of ether oxygens (including phenoxy) is 2. The molecule has 3 aromatic rings. The van der Waals surface area contributed by atoms with E-state index in [0.29, 0.717) is 23.7 Å². The zero-order valence-corrected chi connectivity index (χ0v) is 15.2. The fraction of sp³-hybridized carbons (Fsp3) is 0.0435. The van der Waals surface area contributed by atoms with Crippen molar-refractivity contribution < 1.29 is 14.3 Å². The van der Waals surface area contributed by atoms with E-state index in [0.717, 1.165) is 11.3 Å². The van der Waals surface area contributed by atoms with E-state index < -0.39 is 0 Å². The van der Waals surface area contributed by atoms with Gasteiger partial charge in [-0.2, -0.15) is 5.10 Å². The Hall–Kier alpha value is -3.86. The second-order valence-electron chi connectivity index (χ2n) is 5.81. The molecule has 140 valence electrons. The van der Waals surface area contributed by atoms with Crippen molar-refractivity contribution in [1.82, 2.24) is 5.43 Å². The van der Waals surface area contributed by atoms with E-state index in [9.17, 15) is 4.79 Å². The van der Waals surface area contributed by atoms with Crippen molar-refractivity contribution in [2.75, 3.05) is 6.61 Å². The van der Waals surface area contributed by atoms with Gasteiger partial charge in [-0.05, 0) is 54.1 Å². The molecule has 0 radical (unpaired) electrons. The van der Waals surface area contributed by atoms with Gasteiger partial charge in [0.05, 0.1) is 6.21 Å². The Kier molecular flexibility index (Phi) is 6.57. The van der Waals surface area contributed by atoms with Crippen LogP contribution in [0.4, 0.5) is 0 Å². The normalized spacial score (nSPS) is 10.4. The number of carbonyl (C=O) groups excluding carboxylic acids is 1. The number of nitrogens with zero attached hydrogens (tertiary/aromatic N) is 1. The fourth-order valence-electron chi connectivity index (χ4n) is 2.37. The minimum absolute atomic E-state index is 0.303. The lowest BCUT2D eigenvalue weighted by Gasteiger charge is -2.06. The van der Waals surface area contributed by atoms with Gasteiger partial charge in [0.15, 0.2) is 0 Å². The fourth-order valence-corrected chi connectivity index (χ4v) is 2.37. The van der Waals surface area contributed by atoms with Gasteiger partial charge in [-0.25, -0.2) is 5.43 Å². The number of hydrogen-bond acceptors (Lipinski definition) is 4. The van der Waals surface area contributed by atoms with Crippen LogP contribution in [0.25, 0.3) is 0 Å². The molecule has 3 rings (SSSR count). The maximum Gasteiger partial charge on any atom is 0.271 e. The van der Waals surface area contributed by atoms with Gasteiger partial charge < -0.3 is 9.47 Å². The van der Waals surface area contributed by atoms with E-state index in [1.54, 1.807) is 36.6 Å². The van der Waals surface area contributed by atoms with Gasteiger partial charge in [0.2, 0.25) is 0 Å². The lowest BCUT2D eigenvalue weighted by molar-refractivity contribution is 0.0955. The van der Waals surface area contributed by atoms with E-state index in [4.69, 9.17) is 9.47 Å². The highest BCUT2D eigenvalue weighted by molar-refractivity contribution is 5.95. The Morgan fingerprint density at radius 2 is 1.68 bits per heavy atom. The third-order valence-electron chi connectivity index (χ3n) is 3.70. The second-order valence-corrected chi connectivity index (χ2v) is 5.81. The van der Waals surface area contributed by atoms with Crippen molar-refractivity contribution in [1.29, 1.82) is 0 Å². The smallest absolute Gasteiger partial charge is 0.271 e. The largest absolute Gasteiger partial charge is 0.490 e. The van der Waals surface area contributed by atoms with Crippen LogP contribution >= 0.6 is 0 Å². The lowest BCUT2D eigenvalue weighted by atomic mass is 10.2. The van der Waals surface area contributed by atoms with Crippen LogP contribution in [0.5, 0.6) is 17.2 Å². The summed E-state index contributed by atoms with van der Waals surface area (Å²) in [6.45, 7) is 4.01. The zero-order chi connectivity index (χ0) is 19.6. The molecule has 3 aromatic carbocycles. The van der Waals surface area contributed by atoms with Crippen molar-refractivity contribution in [3.8, 4) is 17.2 Å². The van der Waals surface area contributed by atoms with Crippen LogP contribution in [0.3, 0.4) is 0 Å². The monoisotopic (exact) mass is 372 g/mol. The summed E-state index contributed by atoms with van der Waals surface area (Å²) < 4.78 is 11.2. The van der Waals surface area contributed by atoms with Crippen molar-refractivity contribution in [3.05, 3.63) is 103 Å². The topological polar surface area (TPSA) is 59.9 Å². The summed E-state index contributed by atoms with van der Waals surface area (Å²) in [7, 11) is 0. The average Bonchev–Trinajstić information content (AvgIpc) is 2.73. The number of para-hydroxylation sites is 1. The third-order valence-corrected chi connectivity index (χ3v) is 3.70. The van der Waals surface area contributed by atoms with E-state index in [-0.39, 0.29) is 5.91 Å². The maximum atomic E-state index is 12.2. The Morgan fingerprint density at radius 3 is 2.43 bits per heavy atom. The molecule has 5 heteroatoms. The van der Waals surface area contributed by atoms with Gasteiger partial charge in [-0.3, -0.25) is 4.79 Å². The Bertz CT molecular complexity index is 951. The van der Waals surface area contributed by atoms with Crippen molar-refractivity contribution in [3.63, 3.8) is 0 Å². The molecule has 1 N–H and O–H groups in total. The molecule has 0 aliphatic carbocycles. The number of benzene rings is 3. The van der Waals surface area contributed by atoms with Gasteiger partial charge in [0.25, 0.3) is 5.91 Å². The van der Waals surface area contributed by atoms with Crippen LogP contribution in [0.1, 0.15) is 15.9 Å². The molecule has 0 atom stereocenters. The van der Waals surface area contributed by atoms with E-state index in [2.05, 4.69) is 17.1 Å². The molecule has 0 unspecified atom stereocenters. The molecule has 0 spiro atoms. The van der Waals surface area contributed by atoms with Crippen LogP contribution in [-0.2, 0) is 0 Å². The SMILES string of the molecule is C=CCOc1ccc(C(=O)N/N=C\c2cccc(Oc3ccccc3)c2)cc1. The third kappa shape index (κ3) is 5.57. The average molecular weight is 372 g/mol. The van der Waals surface area contributed by atoms with Gasteiger partial charge in [0, 0.05) is 5.56 Å². The summed E-state index contributed by atoms with van der Waals surface area (Å²) in [6, 6.07) is 23.8. The van der Waals surface area contributed by atoms with Crippen LogP contribution in [-0.4, -0.2) is 18.7 Å². The number of hydrogen-bond donors (Lipinski definition) is 1. The van der Waals surface area contributed by atoms with Gasteiger partial charge in [-0.15, -0.1) is 0 Å². The van der Waals surface area contributed by atoms with E-state index >= 15 is 0 Å². The molecule has 0 aromatic heterocycles. The first-order valence-corrected chi connectivity index (χ1v) is 8.75. The molecule has 0 bridgehead atoms. The maximum absolute atomic E-state index is 12.2. The molecular weight excluding hydrogens is 352 g/mol. The highest BCUT2D eigenvalue weighted by Crippen LogP contribution is 2.21. The zero-order valence-electron chi connectivity index (χ0n) is 15.2. The van der Waals surface area contributed by atoms with E-state index in [1.165, 1.54) is 0 Å². The summed E-state index contributed by atoms with van der Waals surface area (Å²) in [6.07, 6.45) is 3.23. The van der Waals surface area contributed by atoms with Crippen molar-refractivity contribution in [2.45, 2.75) is 0 Å². The van der Waals surface area contributed by atoms with Crippen LogP contribution in [0.15, 0.2) is 96.6 Å². The predicted octanol–water partition coefficient (Wildman–Crippen LogP) is 4.81. The van der Waals surface area contributed by atoms with Gasteiger partial charge in [0.1, 0.15) is 23.9 Å². The molecule has 1 amide bonds. The first-order chi connectivity index (χ1) is 13.7. The first kappa shape index (κ1) is 18.9. The quantitative estimate of drug-likeness (QED) is 0.351. The molecule has 0 saturated carbocycles. The molecule has 5 nitrogen and oxygen atoms in total. The summed E-state index contributed by atoms with van der Waals surface area (Å²) in [5, 5.41) is 4.01. The Balaban J connectivity index is 1.57. The minimum atomic E-state index is -0.303.